The Bertz CT molecular complexity index is 1300. The molecule has 174 valence electrons. The Hall–Kier alpha value is -3.60. The molecule has 1 aliphatic rings. The predicted molar refractivity (Wildman–Crippen MR) is 137 cm³/mol. The van der Waals surface area contributed by atoms with Crippen LogP contribution in [0.5, 0.6) is 5.75 Å². The van der Waals surface area contributed by atoms with E-state index in [1.807, 2.05) is 53.4 Å². The van der Waals surface area contributed by atoms with Crippen molar-refractivity contribution in [2.45, 2.75) is 45.6 Å². The van der Waals surface area contributed by atoms with Gasteiger partial charge in [0.2, 0.25) is 5.91 Å². The molecule has 1 aliphatic heterocycles. The molecule has 0 saturated carbocycles. The molecule has 0 bridgehead atoms. The Morgan fingerprint density at radius 3 is 2.59 bits per heavy atom. The summed E-state index contributed by atoms with van der Waals surface area (Å²) >= 11 is 0. The second-order valence-corrected chi connectivity index (χ2v) is 9.10. The SMILES string of the molecule is Cc1cccc(OCCCCn2c(C3CC(=O)N(c4ccccc4)C3)nc3ccccc32)c1C. The minimum Gasteiger partial charge on any atom is -0.493 e. The minimum atomic E-state index is 0.0892. The van der Waals surface area contributed by atoms with E-state index in [0.29, 0.717) is 19.6 Å². The number of carbonyl (C=O) groups excluding carboxylic acids is 1. The van der Waals surface area contributed by atoms with Crippen LogP contribution < -0.4 is 9.64 Å². The molecule has 1 amide bonds. The molecular formula is C29H31N3O2. The second-order valence-electron chi connectivity index (χ2n) is 9.10. The molecule has 0 radical (unpaired) electrons. The Morgan fingerprint density at radius 1 is 0.941 bits per heavy atom. The van der Waals surface area contributed by atoms with Crippen molar-refractivity contribution >= 4 is 22.6 Å². The van der Waals surface area contributed by atoms with E-state index in [0.717, 1.165) is 47.7 Å². The number of nitrogens with zero attached hydrogens (tertiary/aromatic N) is 3. The smallest absolute Gasteiger partial charge is 0.227 e. The number of hydrogen-bond donors (Lipinski definition) is 0. The zero-order chi connectivity index (χ0) is 23.5. The molecule has 2 heterocycles. The number of aromatic nitrogens is 2. The summed E-state index contributed by atoms with van der Waals surface area (Å²) in [6.45, 7) is 6.44. The molecule has 0 aliphatic carbocycles. The largest absolute Gasteiger partial charge is 0.493 e. The number of fused-ring (bicyclic) bond motifs is 1. The molecule has 3 aromatic carbocycles. The van der Waals surface area contributed by atoms with Gasteiger partial charge in [0.15, 0.2) is 0 Å². The molecule has 5 heteroatoms. The van der Waals surface area contributed by atoms with Crippen LogP contribution in [-0.4, -0.2) is 28.6 Å². The Balaban J connectivity index is 1.29. The van der Waals surface area contributed by atoms with Gasteiger partial charge in [0, 0.05) is 31.1 Å². The van der Waals surface area contributed by atoms with Crippen LogP contribution in [0.25, 0.3) is 11.0 Å². The maximum absolute atomic E-state index is 12.8. The van der Waals surface area contributed by atoms with E-state index >= 15 is 0 Å². The maximum Gasteiger partial charge on any atom is 0.227 e. The van der Waals surface area contributed by atoms with Gasteiger partial charge < -0.3 is 14.2 Å². The molecule has 1 unspecified atom stereocenters. The summed E-state index contributed by atoms with van der Waals surface area (Å²) in [6, 6.07) is 24.4. The topological polar surface area (TPSA) is 47.4 Å². The van der Waals surface area contributed by atoms with Gasteiger partial charge in [-0.15, -0.1) is 0 Å². The highest BCUT2D eigenvalue weighted by Crippen LogP contribution is 2.33. The van der Waals surface area contributed by atoms with Gasteiger partial charge in [0.25, 0.3) is 0 Å². The van der Waals surface area contributed by atoms with Crippen molar-refractivity contribution in [3.63, 3.8) is 0 Å². The number of amides is 1. The minimum absolute atomic E-state index is 0.0892. The second kappa shape index (κ2) is 9.72. The summed E-state index contributed by atoms with van der Waals surface area (Å²) in [5.41, 5.74) is 5.55. The van der Waals surface area contributed by atoms with Gasteiger partial charge in [-0.2, -0.15) is 0 Å². The average molecular weight is 454 g/mol. The van der Waals surface area contributed by atoms with Crippen LogP contribution in [-0.2, 0) is 11.3 Å². The van der Waals surface area contributed by atoms with Crippen LogP contribution in [0.15, 0.2) is 72.8 Å². The fourth-order valence-electron chi connectivity index (χ4n) is 4.81. The monoisotopic (exact) mass is 453 g/mol. The van der Waals surface area contributed by atoms with Crippen molar-refractivity contribution in [3.05, 3.63) is 89.7 Å². The fraction of sp³-hybridized carbons (Fsp3) is 0.310. The molecule has 1 saturated heterocycles. The van der Waals surface area contributed by atoms with Crippen LogP contribution >= 0.6 is 0 Å². The highest BCUT2D eigenvalue weighted by molar-refractivity contribution is 5.96. The first-order valence-electron chi connectivity index (χ1n) is 12.1. The van der Waals surface area contributed by atoms with Crippen LogP contribution in [0, 0.1) is 13.8 Å². The number of unbranched alkanes of at least 4 members (excludes halogenated alkanes) is 1. The Labute approximate surface area is 201 Å². The van der Waals surface area contributed by atoms with Gasteiger partial charge in [0.1, 0.15) is 11.6 Å². The normalized spacial score (nSPS) is 15.9. The molecule has 1 fully saturated rings. The quantitative estimate of drug-likeness (QED) is 0.306. The summed E-state index contributed by atoms with van der Waals surface area (Å²) < 4.78 is 8.37. The van der Waals surface area contributed by atoms with Crippen molar-refractivity contribution in [2.75, 3.05) is 18.1 Å². The van der Waals surface area contributed by atoms with E-state index in [-0.39, 0.29) is 11.8 Å². The first kappa shape index (κ1) is 22.2. The fourth-order valence-corrected chi connectivity index (χ4v) is 4.81. The lowest BCUT2D eigenvalue weighted by molar-refractivity contribution is -0.117. The molecular weight excluding hydrogens is 422 g/mol. The summed E-state index contributed by atoms with van der Waals surface area (Å²) in [4.78, 5) is 19.7. The number of aryl methyl sites for hydroxylation is 2. The molecule has 0 N–H and O–H groups in total. The maximum atomic E-state index is 12.8. The molecule has 1 atom stereocenters. The van der Waals surface area contributed by atoms with Crippen molar-refractivity contribution in [1.82, 2.24) is 9.55 Å². The standard InChI is InChI=1S/C29H31N3O2/c1-21-11-10-16-27(22(21)2)34-18-9-8-17-31-26-15-7-6-14-25(26)30-29(31)23-19-28(33)32(20-23)24-12-4-3-5-13-24/h3-7,10-16,23H,8-9,17-20H2,1-2H3. The summed E-state index contributed by atoms with van der Waals surface area (Å²) in [7, 11) is 0. The van der Waals surface area contributed by atoms with Crippen LogP contribution in [0.4, 0.5) is 5.69 Å². The summed E-state index contributed by atoms with van der Waals surface area (Å²) in [6.07, 6.45) is 2.44. The predicted octanol–water partition coefficient (Wildman–Crippen LogP) is 6.03. The highest BCUT2D eigenvalue weighted by atomic mass is 16.5. The lowest BCUT2D eigenvalue weighted by Crippen LogP contribution is -2.24. The molecule has 5 rings (SSSR count). The number of benzene rings is 3. The van der Waals surface area contributed by atoms with Gasteiger partial charge in [-0.1, -0.05) is 42.5 Å². The van der Waals surface area contributed by atoms with E-state index in [1.165, 1.54) is 11.1 Å². The first-order valence-corrected chi connectivity index (χ1v) is 12.1. The van der Waals surface area contributed by atoms with Gasteiger partial charge in [-0.25, -0.2) is 4.98 Å². The Morgan fingerprint density at radius 2 is 1.74 bits per heavy atom. The van der Waals surface area contributed by atoms with Gasteiger partial charge in [0.05, 0.1) is 17.6 Å². The van der Waals surface area contributed by atoms with Crippen molar-refractivity contribution in [2.24, 2.45) is 0 Å². The zero-order valence-electron chi connectivity index (χ0n) is 19.9. The van der Waals surface area contributed by atoms with Gasteiger partial charge >= 0.3 is 0 Å². The molecule has 34 heavy (non-hydrogen) atoms. The lowest BCUT2D eigenvalue weighted by Gasteiger charge is -2.17. The lowest BCUT2D eigenvalue weighted by atomic mass is 10.1. The molecule has 0 spiro atoms. The summed E-state index contributed by atoms with van der Waals surface area (Å²) in [5.74, 6) is 2.24. The third kappa shape index (κ3) is 4.43. The number of anilines is 1. The molecule has 1 aromatic heterocycles. The van der Waals surface area contributed by atoms with Gasteiger partial charge in [-0.3, -0.25) is 4.79 Å². The molecule has 5 nitrogen and oxygen atoms in total. The number of hydrogen-bond acceptors (Lipinski definition) is 3. The number of para-hydroxylation sites is 3. The third-order valence-corrected chi connectivity index (χ3v) is 6.83. The van der Waals surface area contributed by atoms with E-state index < -0.39 is 0 Å². The average Bonchev–Trinajstić information content (AvgIpc) is 3.42. The molecule has 4 aromatic rings. The zero-order valence-corrected chi connectivity index (χ0v) is 19.9. The van der Waals surface area contributed by atoms with Crippen molar-refractivity contribution < 1.29 is 9.53 Å². The number of rotatable bonds is 8. The van der Waals surface area contributed by atoms with Crippen molar-refractivity contribution in [1.29, 1.82) is 0 Å². The number of imidazole rings is 1. The summed E-state index contributed by atoms with van der Waals surface area (Å²) in [5, 5.41) is 0. The number of ether oxygens (including phenoxy) is 1. The van der Waals surface area contributed by atoms with Crippen LogP contribution in [0.3, 0.4) is 0 Å². The van der Waals surface area contributed by atoms with Gasteiger partial charge in [-0.05, 0) is 68.1 Å². The van der Waals surface area contributed by atoms with E-state index in [2.05, 4.69) is 42.7 Å². The Kier molecular flexibility index (Phi) is 6.35. The number of carbonyl (C=O) groups is 1. The third-order valence-electron chi connectivity index (χ3n) is 6.83. The van der Waals surface area contributed by atoms with Crippen LogP contribution in [0.1, 0.15) is 42.1 Å². The van der Waals surface area contributed by atoms with E-state index in [1.54, 1.807) is 0 Å². The first-order chi connectivity index (χ1) is 16.6. The van der Waals surface area contributed by atoms with Crippen molar-refractivity contribution in [3.8, 4) is 5.75 Å². The van der Waals surface area contributed by atoms with E-state index in [9.17, 15) is 4.79 Å². The highest BCUT2D eigenvalue weighted by Gasteiger charge is 2.34. The van der Waals surface area contributed by atoms with Crippen LogP contribution in [0.2, 0.25) is 0 Å². The van der Waals surface area contributed by atoms with E-state index in [4.69, 9.17) is 9.72 Å².